The summed E-state index contributed by atoms with van der Waals surface area (Å²) in [5.74, 6) is -0.437. The molecule has 0 aromatic heterocycles. The predicted octanol–water partition coefficient (Wildman–Crippen LogP) is 3.25. The lowest BCUT2D eigenvalue weighted by Crippen LogP contribution is -2.28. The minimum absolute atomic E-state index is 0.0746. The maximum atomic E-state index is 12.3. The first-order chi connectivity index (χ1) is 13.0. The Labute approximate surface area is 162 Å². The Morgan fingerprint density at radius 3 is 2.74 bits per heavy atom. The van der Waals surface area contributed by atoms with E-state index in [1.165, 1.54) is 11.8 Å². The predicted molar refractivity (Wildman–Crippen MR) is 110 cm³/mol. The minimum atomic E-state index is -0.513. The molecule has 1 fully saturated rings. The van der Waals surface area contributed by atoms with Crippen LogP contribution >= 0.6 is 11.8 Å². The molecule has 1 unspecified atom stereocenters. The van der Waals surface area contributed by atoms with Crippen molar-refractivity contribution in [2.24, 2.45) is 10.2 Å². The molecule has 1 aliphatic rings. The molecule has 0 aliphatic carbocycles. The van der Waals surface area contributed by atoms with Gasteiger partial charge in [-0.25, -0.2) is 0 Å². The number of nitrogens with one attached hydrogen (secondary N) is 2. The second-order valence-electron chi connectivity index (χ2n) is 6.23. The Kier molecular flexibility index (Phi) is 6.03. The highest BCUT2D eigenvalue weighted by molar-refractivity contribution is 8.15. The van der Waals surface area contributed by atoms with Gasteiger partial charge >= 0.3 is 0 Å². The van der Waals surface area contributed by atoms with E-state index >= 15 is 0 Å². The molecule has 138 valence electrons. The number of amidine groups is 1. The van der Waals surface area contributed by atoms with Crippen LogP contribution in [-0.4, -0.2) is 28.4 Å². The largest absolute Gasteiger partial charge is 0.326 e. The summed E-state index contributed by atoms with van der Waals surface area (Å²) in [5, 5.41) is 13.4. The fraction of sp³-hybridized carbons (Fsp3) is 0.200. The van der Waals surface area contributed by atoms with Gasteiger partial charge in [-0.2, -0.15) is 5.10 Å². The number of amides is 2. The third-order valence-electron chi connectivity index (χ3n) is 3.96. The highest BCUT2D eigenvalue weighted by Gasteiger charge is 2.32. The number of rotatable bonds is 5. The van der Waals surface area contributed by atoms with Gasteiger partial charge in [0.1, 0.15) is 5.25 Å². The van der Waals surface area contributed by atoms with E-state index in [9.17, 15) is 9.59 Å². The smallest absolute Gasteiger partial charge is 0.240 e. The van der Waals surface area contributed by atoms with E-state index in [1.54, 1.807) is 6.21 Å². The number of carbonyl (C=O) groups is 2. The molecular weight excluding hydrogens is 360 g/mol. The van der Waals surface area contributed by atoms with Crippen molar-refractivity contribution in [1.29, 1.82) is 0 Å². The van der Waals surface area contributed by atoms with Crippen molar-refractivity contribution < 1.29 is 9.59 Å². The van der Waals surface area contributed by atoms with Crippen molar-refractivity contribution in [3.8, 4) is 0 Å². The molecule has 2 amide bonds. The first-order valence-electron chi connectivity index (χ1n) is 8.52. The van der Waals surface area contributed by atoms with Crippen LogP contribution in [0.4, 0.5) is 5.69 Å². The fourth-order valence-corrected chi connectivity index (χ4v) is 3.52. The van der Waals surface area contributed by atoms with Crippen molar-refractivity contribution >= 4 is 40.6 Å². The van der Waals surface area contributed by atoms with Crippen LogP contribution in [-0.2, 0) is 9.59 Å². The topological polar surface area (TPSA) is 82.9 Å². The fourth-order valence-electron chi connectivity index (χ4n) is 2.60. The quantitative estimate of drug-likeness (QED) is 0.617. The van der Waals surface area contributed by atoms with E-state index in [0.717, 1.165) is 22.4 Å². The van der Waals surface area contributed by atoms with E-state index in [0.29, 0.717) is 5.17 Å². The number of thioether (sulfide) groups is 1. The highest BCUT2D eigenvalue weighted by atomic mass is 32.2. The average molecular weight is 380 g/mol. The van der Waals surface area contributed by atoms with Gasteiger partial charge in [0.25, 0.3) is 0 Å². The lowest BCUT2D eigenvalue weighted by molar-refractivity contribution is -0.122. The van der Waals surface area contributed by atoms with Crippen molar-refractivity contribution in [3.63, 3.8) is 0 Å². The maximum Gasteiger partial charge on any atom is 0.240 e. The molecular formula is C20H20N4O2S. The Balaban J connectivity index is 1.56. The van der Waals surface area contributed by atoms with Crippen molar-refractivity contribution in [3.05, 3.63) is 65.2 Å². The van der Waals surface area contributed by atoms with E-state index in [4.69, 9.17) is 0 Å². The highest BCUT2D eigenvalue weighted by Crippen LogP contribution is 2.24. The van der Waals surface area contributed by atoms with Crippen LogP contribution in [0.5, 0.6) is 0 Å². The molecule has 27 heavy (non-hydrogen) atoms. The molecule has 2 aromatic rings. The molecule has 0 saturated carbocycles. The van der Waals surface area contributed by atoms with E-state index < -0.39 is 5.25 Å². The van der Waals surface area contributed by atoms with E-state index in [1.807, 2.05) is 62.4 Å². The Hall–Kier alpha value is -2.93. The summed E-state index contributed by atoms with van der Waals surface area (Å²) in [6.07, 6.45) is 1.69. The summed E-state index contributed by atoms with van der Waals surface area (Å²) in [6, 6.07) is 15.4. The van der Waals surface area contributed by atoms with Gasteiger partial charge in [-0.3, -0.25) is 9.59 Å². The number of aryl methyl sites for hydroxylation is 2. The van der Waals surface area contributed by atoms with Crippen molar-refractivity contribution in [1.82, 2.24) is 5.32 Å². The average Bonchev–Trinajstić information content (AvgIpc) is 2.98. The summed E-state index contributed by atoms with van der Waals surface area (Å²) in [5.41, 5.74) is 3.80. The maximum absolute atomic E-state index is 12.3. The zero-order valence-corrected chi connectivity index (χ0v) is 15.9. The molecule has 7 heteroatoms. The third-order valence-corrected chi connectivity index (χ3v) is 5.03. The number of carbonyl (C=O) groups excluding carboxylic acids is 2. The molecule has 2 N–H and O–H groups in total. The monoisotopic (exact) mass is 380 g/mol. The molecule has 1 saturated heterocycles. The van der Waals surface area contributed by atoms with Crippen LogP contribution in [0.1, 0.15) is 23.1 Å². The van der Waals surface area contributed by atoms with Crippen LogP contribution in [0.15, 0.2) is 58.7 Å². The molecule has 0 radical (unpaired) electrons. The van der Waals surface area contributed by atoms with Gasteiger partial charge in [0.05, 0.1) is 6.21 Å². The number of anilines is 1. The zero-order chi connectivity index (χ0) is 19.2. The Morgan fingerprint density at radius 2 is 2.00 bits per heavy atom. The zero-order valence-electron chi connectivity index (χ0n) is 15.1. The summed E-state index contributed by atoms with van der Waals surface area (Å²) in [7, 11) is 0. The summed E-state index contributed by atoms with van der Waals surface area (Å²) < 4.78 is 0. The lowest BCUT2D eigenvalue weighted by atomic mass is 10.1. The number of hydrogen-bond acceptors (Lipinski definition) is 5. The van der Waals surface area contributed by atoms with Gasteiger partial charge in [0.15, 0.2) is 5.17 Å². The third kappa shape index (κ3) is 5.27. The first kappa shape index (κ1) is 18.8. The van der Waals surface area contributed by atoms with E-state index in [2.05, 4.69) is 20.8 Å². The van der Waals surface area contributed by atoms with Gasteiger partial charge in [0, 0.05) is 12.1 Å². The minimum Gasteiger partial charge on any atom is -0.326 e. The van der Waals surface area contributed by atoms with Gasteiger partial charge in [0.2, 0.25) is 11.8 Å². The summed E-state index contributed by atoms with van der Waals surface area (Å²) >= 11 is 1.21. The van der Waals surface area contributed by atoms with Crippen molar-refractivity contribution in [2.45, 2.75) is 25.5 Å². The lowest BCUT2D eigenvalue weighted by Gasteiger charge is -2.10. The molecule has 3 rings (SSSR count). The van der Waals surface area contributed by atoms with Gasteiger partial charge in [-0.05, 0) is 31.0 Å². The number of nitrogens with zero attached hydrogens (tertiary/aromatic N) is 2. The molecule has 0 spiro atoms. The number of hydrogen-bond donors (Lipinski definition) is 2. The molecule has 1 atom stereocenters. The SMILES string of the molecule is Cc1ccc(NC(=O)CC2S/C(=N/N=C\c3ccccc3)NC2=O)c(C)c1. The second kappa shape index (κ2) is 8.64. The summed E-state index contributed by atoms with van der Waals surface area (Å²) in [4.78, 5) is 24.4. The Morgan fingerprint density at radius 1 is 1.22 bits per heavy atom. The van der Waals surface area contributed by atoms with Crippen molar-refractivity contribution in [2.75, 3.05) is 5.32 Å². The normalized spacial score (nSPS) is 18.1. The summed E-state index contributed by atoms with van der Waals surface area (Å²) in [6.45, 7) is 3.94. The van der Waals surface area contributed by atoms with E-state index in [-0.39, 0.29) is 18.2 Å². The molecule has 1 aliphatic heterocycles. The van der Waals surface area contributed by atoms with Gasteiger partial charge in [-0.1, -0.05) is 59.8 Å². The van der Waals surface area contributed by atoms with Gasteiger partial charge in [-0.15, -0.1) is 5.10 Å². The number of benzene rings is 2. The molecule has 2 aromatic carbocycles. The van der Waals surface area contributed by atoms with Crippen LogP contribution < -0.4 is 10.6 Å². The Bertz CT molecular complexity index is 909. The van der Waals surface area contributed by atoms with Crippen LogP contribution in [0.2, 0.25) is 0 Å². The van der Waals surface area contributed by atoms with Crippen LogP contribution in [0, 0.1) is 13.8 Å². The van der Waals surface area contributed by atoms with Crippen LogP contribution in [0.25, 0.3) is 0 Å². The standard InChI is InChI=1S/C20H20N4O2S/c1-13-8-9-16(14(2)10-13)22-18(25)11-17-19(26)23-20(27-17)24-21-12-15-6-4-3-5-7-15/h3-10,12,17H,11H2,1-2H3,(H,22,25)(H,23,24,26)/b21-12-. The molecule has 6 nitrogen and oxygen atoms in total. The first-order valence-corrected chi connectivity index (χ1v) is 9.40. The van der Waals surface area contributed by atoms with Crippen LogP contribution in [0.3, 0.4) is 0 Å². The molecule has 1 heterocycles. The second-order valence-corrected chi connectivity index (χ2v) is 7.42. The molecule has 0 bridgehead atoms. The van der Waals surface area contributed by atoms with Gasteiger partial charge < -0.3 is 10.6 Å².